The van der Waals surface area contributed by atoms with Gasteiger partial charge < -0.3 is 9.64 Å². The van der Waals surface area contributed by atoms with E-state index in [1.54, 1.807) is 7.11 Å². The second-order valence-electron chi connectivity index (χ2n) is 7.38. The highest BCUT2D eigenvalue weighted by Crippen LogP contribution is 2.56. The van der Waals surface area contributed by atoms with Crippen LogP contribution >= 0.6 is 0 Å². The highest BCUT2D eigenvalue weighted by molar-refractivity contribution is 5.84. The molecule has 2 fully saturated rings. The van der Waals surface area contributed by atoms with Crippen LogP contribution in [-0.2, 0) is 16.6 Å². The summed E-state index contributed by atoms with van der Waals surface area (Å²) in [4.78, 5) is 14.5. The molecule has 4 rings (SSSR count). The van der Waals surface area contributed by atoms with Crippen molar-refractivity contribution < 1.29 is 9.53 Å². The van der Waals surface area contributed by atoms with Gasteiger partial charge in [0.2, 0.25) is 0 Å². The molecule has 1 saturated carbocycles. The standard InChI is InChI=1S/C19H22N2O2/c1-12-7-16-17-8-13-3-4-14(23-2)9-15(13)19(16,10-18(12)22)5-6-21(17)11-20/h3-4,9,12,16-17H,5-8,10H2,1-2H3/t12-,16+,17-,19-/m1/s1. The van der Waals surface area contributed by atoms with E-state index in [9.17, 15) is 10.1 Å². The number of rotatable bonds is 1. The Bertz CT molecular complexity index is 708. The van der Waals surface area contributed by atoms with E-state index in [1.165, 1.54) is 11.1 Å². The molecule has 1 aromatic rings. The number of ketones is 1. The van der Waals surface area contributed by atoms with Crippen LogP contribution in [0.25, 0.3) is 0 Å². The van der Waals surface area contributed by atoms with Crippen LogP contribution in [0.2, 0.25) is 0 Å². The van der Waals surface area contributed by atoms with E-state index in [2.05, 4.69) is 18.3 Å². The van der Waals surface area contributed by atoms with E-state index in [-0.39, 0.29) is 17.4 Å². The molecule has 120 valence electrons. The van der Waals surface area contributed by atoms with Gasteiger partial charge in [0.05, 0.1) is 7.11 Å². The Kier molecular flexibility index (Phi) is 3.16. The molecule has 0 N–H and O–H groups in total. The topological polar surface area (TPSA) is 53.3 Å². The van der Waals surface area contributed by atoms with Gasteiger partial charge in [0.15, 0.2) is 6.19 Å². The van der Waals surface area contributed by atoms with Crippen LogP contribution in [0, 0.1) is 23.3 Å². The minimum atomic E-state index is -0.0935. The fraction of sp³-hybridized carbons (Fsp3) is 0.579. The van der Waals surface area contributed by atoms with Crippen molar-refractivity contribution in [3.63, 3.8) is 0 Å². The van der Waals surface area contributed by atoms with E-state index in [0.717, 1.165) is 31.6 Å². The number of fused-ring (bicyclic) bond motifs is 1. The predicted octanol–water partition coefficient (Wildman–Crippen LogP) is 2.66. The third kappa shape index (κ3) is 1.92. The SMILES string of the molecule is COc1ccc2c(c1)[C@]13CCN(C#N)[C@H](C2)[C@@H]1C[C@@H](C)C(=O)C3. The number of Topliss-reactive ketones (excluding diaryl/α,β-unsaturated/α-hetero) is 1. The van der Waals surface area contributed by atoms with Gasteiger partial charge in [-0.1, -0.05) is 13.0 Å². The molecule has 4 atom stereocenters. The first-order valence-electron chi connectivity index (χ1n) is 8.45. The fourth-order valence-electron chi connectivity index (χ4n) is 5.21. The molecule has 1 aromatic carbocycles. The summed E-state index contributed by atoms with van der Waals surface area (Å²) in [6.45, 7) is 2.80. The molecule has 2 aliphatic carbocycles. The van der Waals surface area contributed by atoms with E-state index in [4.69, 9.17) is 4.74 Å². The molecule has 0 aromatic heterocycles. The lowest BCUT2D eigenvalue weighted by molar-refractivity contribution is -0.131. The lowest BCUT2D eigenvalue weighted by Crippen LogP contribution is -2.61. The third-order valence-electron chi connectivity index (χ3n) is 6.43. The normalized spacial score (nSPS) is 35.1. The van der Waals surface area contributed by atoms with Crippen molar-refractivity contribution >= 4 is 5.78 Å². The zero-order valence-electron chi connectivity index (χ0n) is 13.7. The fourth-order valence-corrected chi connectivity index (χ4v) is 5.21. The van der Waals surface area contributed by atoms with Gasteiger partial charge in [-0.25, -0.2) is 0 Å². The number of likely N-dealkylation sites (tertiary alicyclic amines) is 1. The average Bonchev–Trinajstić information content (AvgIpc) is 2.56. The number of hydrogen-bond acceptors (Lipinski definition) is 4. The van der Waals surface area contributed by atoms with Crippen molar-refractivity contribution in [1.29, 1.82) is 5.26 Å². The van der Waals surface area contributed by atoms with Gasteiger partial charge in [-0.3, -0.25) is 4.79 Å². The third-order valence-corrected chi connectivity index (χ3v) is 6.43. The zero-order valence-corrected chi connectivity index (χ0v) is 13.7. The van der Waals surface area contributed by atoms with Crippen molar-refractivity contribution in [2.24, 2.45) is 11.8 Å². The maximum absolute atomic E-state index is 12.5. The second kappa shape index (κ2) is 4.99. The number of piperidine rings is 1. The molecule has 1 saturated heterocycles. The van der Waals surface area contributed by atoms with Crippen LogP contribution in [0.3, 0.4) is 0 Å². The molecule has 1 heterocycles. The van der Waals surface area contributed by atoms with Crippen LogP contribution < -0.4 is 4.74 Å². The minimum Gasteiger partial charge on any atom is -0.497 e. The largest absolute Gasteiger partial charge is 0.497 e. The van der Waals surface area contributed by atoms with Crippen molar-refractivity contribution in [2.45, 2.75) is 44.1 Å². The summed E-state index contributed by atoms with van der Waals surface area (Å²) in [5.41, 5.74) is 2.49. The first-order chi connectivity index (χ1) is 11.1. The summed E-state index contributed by atoms with van der Waals surface area (Å²) in [6.07, 6.45) is 5.71. The van der Waals surface area contributed by atoms with Gasteiger partial charge in [0, 0.05) is 30.3 Å². The van der Waals surface area contributed by atoms with Gasteiger partial charge in [-0.05, 0) is 48.4 Å². The summed E-state index contributed by atoms with van der Waals surface area (Å²) in [5.74, 6) is 1.75. The van der Waals surface area contributed by atoms with Crippen LogP contribution in [0.4, 0.5) is 0 Å². The van der Waals surface area contributed by atoms with Gasteiger partial charge in [0.25, 0.3) is 0 Å². The highest BCUT2D eigenvalue weighted by atomic mass is 16.5. The molecule has 0 radical (unpaired) electrons. The Morgan fingerprint density at radius 1 is 1.43 bits per heavy atom. The van der Waals surface area contributed by atoms with Crippen LogP contribution in [0.15, 0.2) is 18.2 Å². The van der Waals surface area contributed by atoms with E-state index < -0.39 is 0 Å². The number of carbonyl (C=O) groups excluding carboxylic acids is 1. The molecular weight excluding hydrogens is 288 g/mol. The van der Waals surface area contributed by atoms with Crippen molar-refractivity contribution in [3.05, 3.63) is 29.3 Å². The maximum atomic E-state index is 12.5. The molecule has 0 unspecified atom stereocenters. The predicted molar refractivity (Wildman–Crippen MR) is 86.0 cm³/mol. The van der Waals surface area contributed by atoms with Crippen molar-refractivity contribution in [3.8, 4) is 11.9 Å². The number of ether oxygens (including phenoxy) is 1. The Labute approximate surface area is 137 Å². The number of nitrogens with zero attached hydrogens (tertiary/aromatic N) is 2. The minimum absolute atomic E-state index is 0.0935. The van der Waals surface area contributed by atoms with Crippen LogP contribution in [0.5, 0.6) is 5.75 Å². The van der Waals surface area contributed by atoms with E-state index in [0.29, 0.717) is 18.1 Å². The molecule has 4 heteroatoms. The molecule has 0 amide bonds. The van der Waals surface area contributed by atoms with Gasteiger partial charge >= 0.3 is 0 Å². The Balaban J connectivity index is 1.89. The zero-order chi connectivity index (χ0) is 16.2. The molecular formula is C19H22N2O2. The van der Waals surface area contributed by atoms with Crippen LogP contribution in [-0.4, -0.2) is 30.4 Å². The monoisotopic (exact) mass is 310 g/mol. The highest BCUT2D eigenvalue weighted by Gasteiger charge is 2.57. The number of nitriles is 1. The molecule has 3 aliphatic rings. The second-order valence-corrected chi connectivity index (χ2v) is 7.38. The molecule has 23 heavy (non-hydrogen) atoms. The smallest absolute Gasteiger partial charge is 0.179 e. The maximum Gasteiger partial charge on any atom is 0.179 e. The van der Waals surface area contributed by atoms with Crippen molar-refractivity contribution in [2.75, 3.05) is 13.7 Å². The summed E-state index contributed by atoms with van der Waals surface area (Å²) >= 11 is 0. The molecule has 2 bridgehead atoms. The Morgan fingerprint density at radius 2 is 2.26 bits per heavy atom. The molecule has 4 nitrogen and oxygen atoms in total. The van der Waals surface area contributed by atoms with Gasteiger partial charge in [-0.2, -0.15) is 5.26 Å². The first kappa shape index (κ1) is 14.6. The Morgan fingerprint density at radius 3 is 3.00 bits per heavy atom. The first-order valence-corrected chi connectivity index (χ1v) is 8.45. The molecule has 0 spiro atoms. The van der Waals surface area contributed by atoms with Gasteiger partial charge in [0.1, 0.15) is 11.5 Å². The van der Waals surface area contributed by atoms with E-state index in [1.807, 2.05) is 17.9 Å². The Hall–Kier alpha value is -2.02. The quantitative estimate of drug-likeness (QED) is 0.748. The number of methoxy groups -OCH3 is 1. The number of hydrogen-bond donors (Lipinski definition) is 0. The molecule has 1 aliphatic heterocycles. The van der Waals surface area contributed by atoms with Crippen molar-refractivity contribution in [1.82, 2.24) is 4.90 Å². The number of benzene rings is 1. The summed E-state index contributed by atoms with van der Waals surface area (Å²) in [6, 6.07) is 6.51. The van der Waals surface area contributed by atoms with Crippen LogP contribution in [0.1, 0.15) is 37.3 Å². The lowest BCUT2D eigenvalue weighted by atomic mass is 9.51. The number of carbonyl (C=O) groups is 1. The summed E-state index contributed by atoms with van der Waals surface area (Å²) in [7, 11) is 1.69. The lowest BCUT2D eigenvalue weighted by Gasteiger charge is -2.58. The van der Waals surface area contributed by atoms with Gasteiger partial charge in [-0.15, -0.1) is 0 Å². The van der Waals surface area contributed by atoms with E-state index >= 15 is 0 Å². The summed E-state index contributed by atoms with van der Waals surface area (Å²) in [5, 5.41) is 9.53. The summed E-state index contributed by atoms with van der Waals surface area (Å²) < 4.78 is 5.44. The average molecular weight is 310 g/mol.